The number of likely N-dealkylation sites (tertiary alicyclic amines) is 1. The molecule has 160 valence electrons. The zero-order chi connectivity index (χ0) is 18.4. The van der Waals surface area contributed by atoms with Gasteiger partial charge in [-0.1, -0.05) is 31.2 Å². The first-order valence-electron chi connectivity index (χ1n) is 9.97. The average molecular weight is 432 g/mol. The van der Waals surface area contributed by atoms with Crippen molar-refractivity contribution in [2.45, 2.75) is 45.7 Å². The van der Waals surface area contributed by atoms with Gasteiger partial charge in [-0.25, -0.2) is 0 Å². The minimum absolute atomic E-state index is 0. The number of nitrogens with zero attached hydrogens (tertiary/aromatic N) is 1. The van der Waals surface area contributed by atoms with Crippen molar-refractivity contribution >= 4 is 30.7 Å². The summed E-state index contributed by atoms with van der Waals surface area (Å²) in [4.78, 5) is 15.2. The molecule has 7 heteroatoms. The Balaban J connectivity index is 0.00000196. The van der Waals surface area contributed by atoms with Gasteiger partial charge in [0.1, 0.15) is 0 Å². The molecule has 1 atom stereocenters. The summed E-state index contributed by atoms with van der Waals surface area (Å²) >= 11 is 0. The van der Waals surface area contributed by atoms with Gasteiger partial charge < -0.3 is 15.8 Å². The van der Waals surface area contributed by atoms with Gasteiger partial charge in [-0.3, -0.25) is 9.69 Å². The van der Waals surface area contributed by atoms with E-state index in [4.69, 9.17) is 10.5 Å². The largest absolute Gasteiger partial charge is 0.381 e. The molecule has 2 aliphatic rings. The second kappa shape index (κ2) is 12.0. The first kappa shape index (κ1) is 25.2. The van der Waals surface area contributed by atoms with Gasteiger partial charge in [0, 0.05) is 39.4 Å². The highest BCUT2D eigenvalue weighted by atomic mass is 35.5. The van der Waals surface area contributed by atoms with Gasteiger partial charge in [0.15, 0.2) is 0 Å². The molecule has 28 heavy (non-hydrogen) atoms. The summed E-state index contributed by atoms with van der Waals surface area (Å²) in [5, 5.41) is 3.08. The molecule has 1 amide bonds. The van der Waals surface area contributed by atoms with Crippen LogP contribution in [0, 0.1) is 11.3 Å². The van der Waals surface area contributed by atoms with Crippen molar-refractivity contribution < 1.29 is 9.53 Å². The predicted octanol–water partition coefficient (Wildman–Crippen LogP) is 3.13. The molecule has 2 heterocycles. The molecule has 5 nitrogen and oxygen atoms in total. The number of carbonyl (C=O) groups is 1. The molecule has 0 radical (unpaired) electrons. The summed E-state index contributed by atoms with van der Waals surface area (Å²) in [5.41, 5.74) is 7.93. The molecular formula is C21H35Cl2N3O2. The van der Waals surface area contributed by atoms with Crippen molar-refractivity contribution in [2.75, 3.05) is 32.8 Å². The molecule has 1 aromatic carbocycles. The van der Waals surface area contributed by atoms with Crippen molar-refractivity contribution in [2.24, 2.45) is 17.1 Å². The van der Waals surface area contributed by atoms with E-state index in [9.17, 15) is 4.79 Å². The van der Waals surface area contributed by atoms with Crippen LogP contribution < -0.4 is 11.1 Å². The zero-order valence-electron chi connectivity index (χ0n) is 16.8. The van der Waals surface area contributed by atoms with Gasteiger partial charge in [0.2, 0.25) is 5.91 Å². The van der Waals surface area contributed by atoms with Crippen LogP contribution in [0.4, 0.5) is 0 Å². The normalized spacial score (nSPS) is 21.9. The maximum absolute atomic E-state index is 12.6. The van der Waals surface area contributed by atoms with Crippen LogP contribution in [0.1, 0.15) is 43.7 Å². The number of hydrogen-bond acceptors (Lipinski definition) is 4. The smallest absolute Gasteiger partial charge is 0.227 e. The summed E-state index contributed by atoms with van der Waals surface area (Å²) in [6.07, 6.45) is 4.08. The van der Waals surface area contributed by atoms with E-state index in [-0.39, 0.29) is 30.7 Å². The molecule has 3 N–H and O–H groups in total. The number of piperidine rings is 1. The van der Waals surface area contributed by atoms with Crippen LogP contribution in [0.2, 0.25) is 0 Å². The number of amides is 1. The van der Waals surface area contributed by atoms with Gasteiger partial charge in [0.05, 0.1) is 5.41 Å². The molecule has 3 rings (SSSR count). The average Bonchev–Trinajstić information content (AvgIpc) is 2.68. The van der Waals surface area contributed by atoms with E-state index in [2.05, 4.69) is 41.4 Å². The lowest BCUT2D eigenvalue weighted by molar-refractivity contribution is -0.136. The van der Waals surface area contributed by atoms with Crippen molar-refractivity contribution in [1.29, 1.82) is 0 Å². The molecule has 0 saturated carbocycles. The Morgan fingerprint density at radius 3 is 2.46 bits per heavy atom. The lowest BCUT2D eigenvalue weighted by Crippen LogP contribution is -2.48. The van der Waals surface area contributed by atoms with Gasteiger partial charge in [-0.2, -0.15) is 0 Å². The third-order valence-corrected chi connectivity index (χ3v) is 5.95. The van der Waals surface area contributed by atoms with E-state index in [1.54, 1.807) is 0 Å². The summed E-state index contributed by atoms with van der Waals surface area (Å²) < 4.78 is 5.38. The minimum atomic E-state index is -0.455. The van der Waals surface area contributed by atoms with Crippen LogP contribution in [0.3, 0.4) is 0 Å². The number of nitrogens with two attached hydrogens (primary N) is 1. The summed E-state index contributed by atoms with van der Waals surface area (Å²) in [6, 6.07) is 8.63. The fourth-order valence-electron chi connectivity index (χ4n) is 4.11. The summed E-state index contributed by atoms with van der Waals surface area (Å²) in [5.74, 6) is 0.868. The molecule has 0 bridgehead atoms. The predicted molar refractivity (Wildman–Crippen MR) is 118 cm³/mol. The van der Waals surface area contributed by atoms with E-state index in [1.165, 1.54) is 31.5 Å². The fourth-order valence-corrected chi connectivity index (χ4v) is 4.11. The third-order valence-electron chi connectivity index (χ3n) is 5.95. The maximum Gasteiger partial charge on any atom is 0.227 e. The Labute approximate surface area is 181 Å². The number of benzene rings is 1. The lowest BCUT2D eigenvalue weighted by Gasteiger charge is -2.34. The molecule has 2 saturated heterocycles. The summed E-state index contributed by atoms with van der Waals surface area (Å²) in [7, 11) is 0. The maximum atomic E-state index is 12.6. The van der Waals surface area contributed by atoms with Gasteiger partial charge in [-0.05, 0) is 49.3 Å². The van der Waals surface area contributed by atoms with Crippen LogP contribution >= 0.6 is 24.8 Å². The van der Waals surface area contributed by atoms with Crippen LogP contribution in [-0.4, -0.2) is 43.7 Å². The molecule has 0 aromatic heterocycles. The molecular weight excluding hydrogens is 397 g/mol. The Kier molecular flexibility index (Phi) is 10.8. The SMILES string of the molecule is CC1CCCN(Cc2ccc(CNC(=O)C3(CN)CCOCC3)cc2)C1.Cl.Cl. The first-order chi connectivity index (χ1) is 12.6. The summed E-state index contributed by atoms with van der Waals surface area (Å²) in [6.45, 7) is 7.94. The van der Waals surface area contributed by atoms with Crippen molar-refractivity contribution in [3.8, 4) is 0 Å². The van der Waals surface area contributed by atoms with E-state index in [1.807, 2.05) is 0 Å². The topological polar surface area (TPSA) is 67.6 Å². The quantitative estimate of drug-likeness (QED) is 0.725. The number of nitrogens with one attached hydrogen (secondary N) is 1. The lowest BCUT2D eigenvalue weighted by atomic mass is 9.79. The Morgan fingerprint density at radius 1 is 1.21 bits per heavy atom. The molecule has 2 fully saturated rings. The molecule has 0 spiro atoms. The van der Waals surface area contributed by atoms with Crippen LogP contribution in [0.25, 0.3) is 0 Å². The minimum Gasteiger partial charge on any atom is -0.381 e. The number of carbonyl (C=O) groups excluding carboxylic acids is 1. The molecule has 0 aliphatic carbocycles. The fraction of sp³-hybridized carbons (Fsp3) is 0.667. The van der Waals surface area contributed by atoms with Gasteiger partial charge in [0.25, 0.3) is 0 Å². The van der Waals surface area contributed by atoms with Crippen molar-refractivity contribution in [1.82, 2.24) is 10.2 Å². The van der Waals surface area contributed by atoms with Gasteiger partial charge >= 0.3 is 0 Å². The standard InChI is InChI=1S/C21H33N3O2.2ClH/c1-17-3-2-10-24(14-17)15-19-6-4-18(5-7-19)13-23-20(25)21(16-22)8-11-26-12-9-21;;/h4-7,17H,2-3,8-16,22H2,1H3,(H,23,25);2*1H. The highest BCUT2D eigenvalue weighted by Crippen LogP contribution is 2.29. The second-order valence-corrected chi connectivity index (χ2v) is 8.08. The van der Waals surface area contributed by atoms with Gasteiger partial charge in [-0.15, -0.1) is 24.8 Å². The molecule has 1 aromatic rings. The van der Waals surface area contributed by atoms with E-state index >= 15 is 0 Å². The number of rotatable bonds is 6. The second-order valence-electron chi connectivity index (χ2n) is 8.08. The number of halogens is 2. The van der Waals surface area contributed by atoms with Crippen LogP contribution in [0.5, 0.6) is 0 Å². The molecule has 1 unspecified atom stereocenters. The zero-order valence-corrected chi connectivity index (χ0v) is 18.5. The highest BCUT2D eigenvalue weighted by Gasteiger charge is 2.38. The number of hydrogen-bond donors (Lipinski definition) is 2. The van der Waals surface area contributed by atoms with E-state index in [0.717, 1.165) is 18.0 Å². The van der Waals surface area contributed by atoms with Crippen molar-refractivity contribution in [3.63, 3.8) is 0 Å². The Bertz CT molecular complexity index is 592. The Hall–Kier alpha value is -0.850. The van der Waals surface area contributed by atoms with Crippen molar-refractivity contribution in [3.05, 3.63) is 35.4 Å². The van der Waals surface area contributed by atoms with Crippen LogP contribution in [0.15, 0.2) is 24.3 Å². The number of ether oxygens (including phenoxy) is 1. The third kappa shape index (κ3) is 6.60. The molecule has 2 aliphatic heterocycles. The Morgan fingerprint density at radius 2 is 1.86 bits per heavy atom. The van der Waals surface area contributed by atoms with E-state index in [0.29, 0.717) is 39.1 Å². The van der Waals surface area contributed by atoms with Crippen LogP contribution in [-0.2, 0) is 22.6 Å². The first-order valence-corrected chi connectivity index (χ1v) is 9.97. The van der Waals surface area contributed by atoms with E-state index < -0.39 is 5.41 Å². The monoisotopic (exact) mass is 431 g/mol. The highest BCUT2D eigenvalue weighted by molar-refractivity contribution is 5.85.